The Balaban J connectivity index is 2.26. The minimum absolute atomic E-state index is 0.186. The van der Waals surface area contributed by atoms with E-state index in [1.165, 1.54) is 16.7 Å². The van der Waals surface area contributed by atoms with Crippen LogP contribution in [0, 0.1) is 0 Å². The summed E-state index contributed by atoms with van der Waals surface area (Å²) in [4.78, 5) is 23.6. The number of thioether (sulfide) groups is 1. The summed E-state index contributed by atoms with van der Waals surface area (Å²) in [6.45, 7) is 3.66. The Hall–Kier alpha value is -1.01. The average molecular weight is 214 g/mol. The van der Waals surface area contributed by atoms with Crippen LogP contribution >= 0.6 is 11.8 Å². The molecule has 0 saturated carbocycles. The number of fused-ring (bicyclic) bond motifs is 1. The molecule has 3 atom stereocenters. The fourth-order valence-electron chi connectivity index (χ4n) is 1.73. The monoisotopic (exact) mass is 214 g/mol. The zero-order valence-corrected chi connectivity index (χ0v) is 8.16. The first kappa shape index (κ1) is 9.54. The quantitative estimate of drug-likeness (QED) is 0.442. The standard InChI is InChI=1S/C8H10N2O3S/c1-3-2-14-7-4(9)6(11)10(7)5(3)8(12)13/h4-5,7H,1-2,9H2,(H,12,13)/t4-,5-,7-/m1/s1. The van der Waals surface area contributed by atoms with E-state index in [0.29, 0.717) is 11.3 Å². The second-order valence-corrected chi connectivity index (χ2v) is 4.48. The third-order valence-electron chi connectivity index (χ3n) is 2.46. The number of rotatable bonds is 1. The summed E-state index contributed by atoms with van der Waals surface area (Å²) in [5, 5.41) is 8.74. The molecule has 5 nitrogen and oxygen atoms in total. The van der Waals surface area contributed by atoms with Gasteiger partial charge in [-0.15, -0.1) is 11.8 Å². The molecular formula is C8H10N2O3S. The molecular weight excluding hydrogens is 204 g/mol. The number of carbonyl (C=O) groups excluding carboxylic acids is 1. The molecule has 6 heteroatoms. The lowest BCUT2D eigenvalue weighted by molar-refractivity contribution is -0.158. The smallest absolute Gasteiger partial charge is 0.330 e. The topological polar surface area (TPSA) is 83.6 Å². The van der Waals surface area contributed by atoms with Crippen molar-refractivity contribution in [2.24, 2.45) is 5.73 Å². The summed E-state index contributed by atoms with van der Waals surface area (Å²) in [7, 11) is 0. The van der Waals surface area contributed by atoms with Gasteiger partial charge in [0.1, 0.15) is 11.4 Å². The van der Waals surface area contributed by atoms with E-state index in [4.69, 9.17) is 10.8 Å². The Bertz CT molecular complexity index is 331. The second-order valence-electron chi connectivity index (χ2n) is 3.37. The molecule has 2 aliphatic heterocycles. The Morgan fingerprint density at radius 1 is 1.71 bits per heavy atom. The van der Waals surface area contributed by atoms with Crippen molar-refractivity contribution in [3.8, 4) is 0 Å². The summed E-state index contributed by atoms with van der Waals surface area (Å²) < 4.78 is 0. The Morgan fingerprint density at radius 3 is 2.93 bits per heavy atom. The van der Waals surface area contributed by atoms with Gasteiger partial charge < -0.3 is 15.7 Å². The van der Waals surface area contributed by atoms with E-state index in [1.54, 1.807) is 0 Å². The minimum atomic E-state index is -1.03. The number of nitrogens with two attached hydrogens (primary N) is 1. The van der Waals surface area contributed by atoms with Crippen LogP contribution in [0.5, 0.6) is 0 Å². The predicted octanol–water partition coefficient (Wildman–Crippen LogP) is -0.762. The van der Waals surface area contributed by atoms with Gasteiger partial charge in [-0.3, -0.25) is 4.79 Å². The molecule has 14 heavy (non-hydrogen) atoms. The molecule has 0 unspecified atom stereocenters. The van der Waals surface area contributed by atoms with Crippen molar-refractivity contribution in [2.75, 3.05) is 5.75 Å². The van der Waals surface area contributed by atoms with Crippen molar-refractivity contribution in [1.82, 2.24) is 4.90 Å². The lowest BCUT2D eigenvalue weighted by atomic mass is 9.99. The molecule has 0 radical (unpaired) electrons. The van der Waals surface area contributed by atoms with Gasteiger partial charge in [0, 0.05) is 5.75 Å². The van der Waals surface area contributed by atoms with Crippen LogP contribution in [-0.2, 0) is 9.59 Å². The molecule has 0 aromatic rings. The van der Waals surface area contributed by atoms with Crippen molar-refractivity contribution in [3.05, 3.63) is 12.2 Å². The number of hydrogen-bond acceptors (Lipinski definition) is 4. The molecule has 3 N–H and O–H groups in total. The highest BCUT2D eigenvalue weighted by Crippen LogP contribution is 2.38. The normalized spacial score (nSPS) is 36.4. The molecule has 0 aliphatic carbocycles. The molecule has 0 bridgehead atoms. The maximum atomic E-state index is 11.3. The van der Waals surface area contributed by atoms with Gasteiger partial charge >= 0.3 is 5.97 Å². The Morgan fingerprint density at radius 2 is 2.36 bits per heavy atom. The van der Waals surface area contributed by atoms with Crippen molar-refractivity contribution < 1.29 is 14.7 Å². The Labute approximate surface area is 84.9 Å². The fraction of sp³-hybridized carbons (Fsp3) is 0.500. The van der Waals surface area contributed by atoms with Crippen LogP contribution in [0.25, 0.3) is 0 Å². The van der Waals surface area contributed by atoms with Crippen LogP contribution in [0.4, 0.5) is 0 Å². The lowest BCUT2D eigenvalue weighted by Crippen LogP contribution is -2.73. The number of carboxylic acid groups (broad SMARTS) is 1. The van der Waals surface area contributed by atoms with E-state index < -0.39 is 18.1 Å². The predicted molar refractivity (Wildman–Crippen MR) is 51.6 cm³/mol. The number of amides is 1. The molecule has 2 saturated heterocycles. The van der Waals surface area contributed by atoms with E-state index in [9.17, 15) is 9.59 Å². The highest BCUT2D eigenvalue weighted by molar-refractivity contribution is 8.00. The molecule has 2 rings (SSSR count). The molecule has 2 fully saturated rings. The van der Waals surface area contributed by atoms with Crippen LogP contribution < -0.4 is 5.73 Å². The number of nitrogens with zero attached hydrogens (tertiary/aromatic N) is 1. The highest BCUT2D eigenvalue weighted by Gasteiger charge is 2.53. The maximum absolute atomic E-state index is 11.3. The zero-order chi connectivity index (χ0) is 10.5. The Kier molecular flexibility index (Phi) is 2.04. The number of carbonyl (C=O) groups is 2. The number of hydrogen-bond donors (Lipinski definition) is 2. The van der Waals surface area contributed by atoms with Gasteiger partial charge in [-0.1, -0.05) is 6.58 Å². The van der Waals surface area contributed by atoms with Gasteiger partial charge in [0.05, 0.1) is 0 Å². The van der Waals surface area contributed by atoms with Crippen molar-refractivity contribution in [1.29, 1.82) is 0 Å². The van der Waals surface area contributed by atoms with E-state index in [-0.39, 0.29) is 11.3 Å². The second kappa shape index (κ2) is 2.99. The first-order valence-corrected chi connectivity index (χ1v) is 5.18. The minimum Gasteiger partial charge on any atom is -0.479 e. The molecule has 1 amide bonds. The summed E-state index contributed by atoms with van der Waals surface area (Å²) >= 11 is 1.47. The lowest BCUT2D eigenvalue weighted by Gasteiger charge is -2.51. The van der Waals surface area contributed by atoms with Gasteiger partial charge in [0.25, 0.3) is 0 Å². The summed E-state index contributed by atoms with van der Waals surface area (Å²) in [6.07, 6.45) is 0. The van der Waals surface area contributed by atoms with Crippen LogP contribution in [-0.4, -0.2) is 45.1 Å². The average Bonchev–Trinajstić information content (AvgIpc) is 2.15. The maximum Gasteiger partial charge on any atom is 0.330 e. The van der Waals surface area contributed by atoms with Gasteiger partial charge in [-0.25, -0.2) is 4.79 Å². The van der Waals surface area contributed by atoms with Gasteiger partial charge in [0.2, 0.25) is 5.91 Å². The van der Waals surface area contributed by atoms with Crippen LogP contribution in [0.3, 0.4) is 0 Å². The van der Waals surface area contributed by atoms with Gasteiger partial charge in [-0.2, -0.15) is 0 Å². The van der Waals surface area contributed by atoms with Crippen molar-refractivity contribution in [2.45, 2.75) is 17.5 Å². The number of carboxylic acids is 1. The summed E-state index contributed by atoms with van der Waals surface area (Å²) in [5.74, 6) is -0.768. The van der Waals surface area contributed by atoms with Crippen LogP contribution in [0.15, 0.2) is 12.2 Å². The van der Waals surface area contributed by atoms with Gasteiger partial charge in [0.15, 0.2) is 6.04 Å². The summed E-state index contributed by atoms with van der Waals surface area (Å²) in [6, 6.07) is -1.43. The van der Waals surface area contributed by atoms with Crippen LogP contribution in [0.2, 0.25) is 0 Å². The molecule has 2 aliphatic rings. The van der Waals surface area contributed by atoms with Crippen LogP contribution in [0.1, 0.15) is 0 Å². The fourth-order valence-corrected chi connectivity index (χ4v) is 2.98. The third-order valence-corrected chi connectivity index (χ3v) is 3.86. The molecule has 0 spiro atoms. The first-order valence-electron chi connectivity index (χ1n) is 4.14. The van der Waals surface area contributed by atoms with E-state index in [1.807, 2.05) is 0 Å². The molecule has 76 valence electrons. The van der Waals surface area contributed by atoms with E-state index in [2.05, 4.69) is 6.58 Å². The SMILES string of the molecule is C=C1CS[C@@H]2[C@H](N)C(=O)N2[C@H]1C(=O)O. The first-order chi connectivity index (χ1) is 6.54. The number of aliphatic carboxylic acids is 1. The summed E-state index contributed by atoms with van der Waals surface area (Å²) in [5.41, 5.74) is 6.10. The number of β-lactam (4-membered cyclic amide) rings is 1. The molecule has 2 heterocycles. The van der Waals surface area contributed by atoms with Gasteiger partial charge in [-0.05, 0) is 5.57 Å². The van der Waals surface area contributed by atoms with Crippen molar-refractivity contribution in [3.63, 3.8) is 0 Å². The van der Waals surface area contributed by atoms with Crippen molar-refractivity contribution >= 4 is 23.6 Å². The van der Waals surface area contributed by atoms with E-state index in [0.717, 1.165) is 0 Å². The largest absolute Gasteiger partial charge is 0.479 e. The van der Waals surface area contributed by atoms with E-state index >= 15 is 0 Å². The molecule has 0 aromatic heterocycles. The highest BCUT2D eigenvalue weighted by atomic mass is 32.2. The zero-order valence-electron chi connectivity index (χ0n) is 7.34. The third kappa shape index (κ3) is 1.07. The molecule has 0 aromatic carbocycles.